The quantitative estimate of drug-likeness (QED) is 0.863. The zero-order valence-electron chi connectivity index (χ0n) is 8.88. The van der Waals surface area contributed by atoms with Crippen molar-refractivity contribution in [3.8, 4) is 0 Å². The topological polar surface area (TPSA) is 12.0 Å². The van der Waals surface area contributed by atoms with Gasteiger partial charge in [0.1, 0.15) is 11.6 Å². The molecule has 17 heavy (non-hydrogen) atoms. The van der Waals surface area contributed by atoms with Crippen molar-refractivity contribution in [3.63, 3.8) is 0 Å². The molecule has 0 fully saturated rings. The summed E-state index contributed by atoms with van der Waals surface area (Å²) in [6.07, 6.45) is 0. The highest BCUT2D eigenvalue weighted by Gasteiger charge is 2.02. The summed E-state index contributed by atoms with van der Waals surface area (Å²) in [5.41, 5.74) is 1.25. The number of hydrogen-bond acceptors (Lipinski definition) is 1. The molecule has 0 aliphatic heterocycles. The van der Waals surface area contributed by atoms with Gasteiger partial charge in [-0.3, -0.25) is 0 Å². The normalized spacial score (nSPS) is 10.3. The number of rotatable bonds is 3. The van der Waals surface area contributed by atoms with Crippen molar-refractivity contribution < 1.29 is 8.78 Å². The summed E-state index contributed by atoms with van der Waals surface area (Å²) >= 11 is 5.64. The van der Waals surface area contributed by atoms with Crippen LogP contribution >= 0.6 is 11.6 Å². The van der Waals surface area contributed by atoms with E-state index in [1.54, 1.807) is 24.3 Å². The molecule has 0 radical (unpaired) electrons. The second-order valence-corrected chi connectivity index (χ2v) is 4.04. The molecule has 0 aromatic heterocycles. The Morgan fingerprint density at radius 1 is 1.00 bits per heavy atom. The van der Waals surface area contributed by atoms with Crippen molar-refractivity contribution in [2.75, 3.05) is 5.32 Å². The average molecular weight is 254 g/mol. The van der Waals surface area contributed by atoms with Crippen LogP contribution in [0.3, 0.4) is 0 Å². The van der Waals surface area contributed by atoms with E-state index in [0.717, 1.165) is 5.56 Å². The third-order valence-corrected chi connectivity index (χ3v) is 2.56. The van der Waals surface area contributed by atoms with Crippen LogP contribution in [0, 0.1) is 11.6 Å². The lowest BCUT2D eigenvalue weighted by Crippen LogP contribution is -2.01. The smallest absolute Gasteiger partial charge is 0.147 e. The maximum Gasteiger partial charge on any atom is 0.147 e. The Hall–Kier alpha value is -1.61. The van der Waals surface area contributed by atoms with E-state index < -0.39 is 5.82 Å². The Morgan fingerprint density at radius 3 is 2.35 bits per heavy atom. The monoisotopic (exact) mass is 253 g/mol. The summed E-state index contributed by atoms with van der Waals surface area (Å²) in [7, 11) is 0. The van der Waals surface area contributed by atoms with Crippen LogP contribution in [-0.2, 0) is 6.54 Å². The molecule has 0 amide bonds. The van der Waals surface area contributed by atoms with E-state index in [-0.39, 0.29) is 5.82 Å². The molecule has 2 aromatic rings. The first-order valence-corrected chi connectivity index (χ1v) is 5.46. The van der Waals surface area contributed by atoms with E-state index in [1.165, 1.54) is 18.2 Å². The minimum absolute atomic E-state index is 0.286. The molecule has 0 spiro atoms. The van der Waals surface area contributed by atoms with Crippen LogP contribution in [0.5, 0.6) is 0 Å². The average Bonchev–Trinajstić information content (AvgIpc) is 2.30. The van der Waals surface area contributed by atoms with Gasteiger partial charge in [-0.05, 0) is 35.9 Å². The molecular formula is C13H10ClF2N. The van der Waals surface area contributed by atoms with Gasteiger partial charge in [0.05, 0.1) is 5.69 Å². The van der Waals surface area contributed by atoms with Crippen LogP contribution in [-0.4, -0.2) is 0 Å². The molecular weight excluding hydrogens is 244 g/mol. The number of hydrogen-bond donors (Lipinski definition) is 1. The maximum absolute atomic E-state index is 13.4. The molecule has 4 heteroatoms. The third-order valence-electron chi connectivity index (χ3n) is 2.33. The molecule has 0 aliphatic carbocycles. The van der Waals surface area contributed by atoms with Crippen LogP contribution in [0.25, 0.3) is 0 Å². The zero-order valence-corrected chi connectivity index (χ0v) is 9.64. The second kappa shape index (κ2) is 5.15. The summed E-state index contributed by atoms with van der Waals surface area (Å²) in [5, 5.41) is 3.28. The number of nitrogens with one attached hydrogen (secondary N) is 1. The van der Waals surface area contributed by atoms with Gasteiger partial charge in [0.2, 0.25) is 0 Å². The third kappa shape index (κ3) is 3.17. The molecule has 1 N–H and O–H groups in total. The van der Waals surface area contributed by atoms with Gasteiger partial charge in [-0.15, -0.1) is 0 Å². The molecule has 0 unspecified atom stereocenters. The van der Waals surface area contributed by atoms with E-state index in [1.807, 2.05) is 0 Å². The summed E-state index contributed by atoms with van der Waals surface area (Å²) in [5.74, 6) is -0.689. The largest absolute Gasteiger partial charge is 0.379 e. The van der Waals surface area contributed by atoms with E-state index >= 15 is 0 Å². The van der Waals surface area contributed by atoms with Gasteiger partial charge in [-0.25, -0.2) is 8.78 Å². The Morgan fingerprint density at radius 2 is 1.71 bits per heavy atom. The molecule has 0 aliphatic rings. The predicted molar refractivity (Wildman–Crippen MR) is 65.1 cm³/mol. The molecule has 0 atom stereocenters. The molecule has 2 aromatic carbocycles. The van der Waals surface area contributed by atoms with E-state index in [9.17, 15) is 8.78 Å². The molecule has 0 saturated carbocycles. The summed E-state index contributed by atoms with van der Waals surface area (Å²) in [6.45, 7) is 0.429. The van der Waals surface area contributed by atoms with Crippen LogP contribution in [0.2, 0.25) is 5.02 Å². The molecule has 0 saturated heterocycles. The fourth-order valence-corrected chi connectivity index (χ4v) is 1.59. The molecule has 0 bridgehead atoms. The number of halogens is 3. The summed E-state index contributed by atoms with van der Waals surface area (Å²) in [6, 6.07) is 10.5. The van der Waals surface area contributed by atoms with Gasteiger partial charge in [-0.1, -0.05) is 23.7 Å². The minimum atomic E-state index is -0.403. The van der Waals surface area contributed by atoms with Gasteiger partial charge >= 0.3 is 0 Å². The number of anilines is 1. The van der Waals surface area contributed by atoms with E-state index in [4.69, 9.17) is 11.6 Å². The molecule has 0 heterocycles. The summed E-state index contributed by atoms with van der Waals surface area (Å²) < 4.78 is 26.1. The highest BCUT2D eigenvalue weighted by Crippen LogP contribution is 2.19. The number of benzene rings is 2. The fourth-order valence-electron chi connectivity index (χ4n) is 1.43. The van der Waals surface area contributed by atoms with Crippen LogP contribution in [0.4, 0.5) is 14.5 Å². The first-order chi connectivity index (χ1) is 8.15. The van der Waals surface area contributed by atoms with Gasteiger partial charge in [0.25, 0.3) is 0 Å². The molecule has 1 nitrogen and oxygen atoms in total. The van der Waals surface area contributed by atoms with Crippen LogP contribution in [0.15, 0.2) is 42.5 Å². The zero-order chi connectivity index (χ0) is 12.3. The van der Waals surface area contributed by atoms with Gasteiger partial charge in [0.15, 0.2) is 0 Å². The van der Waals surface area contributed by atoms with Crippen LogP contribution in [0.1, 0.15) is 5.56 Å². The first kappa shape index (κ1) is 11.9. The lowest BCUT2D eigenvalue weighted by atomic mass is 10.2. The highest BCUT2D eigenvalue weighted by molar-refractivity contribution is 6.30. The Bertz CT molecular complexity index is 511. The Kier molecular flexibility index (Phi) is 3.59. The SMILES string of the molecule is Fc1ccc(CNc2ccc(Cl)cc2F)cc1. The lowest BCUT2D eigenvalue weighted by Gasteiger charge is -2.07. The lowest BCUT2D eigenvalue weighted by molar-refractivity contribution is 0.626. The Labute approximate surface area is 103 Å². The van der Waals surface area contributed by atoms with Gasteiger partial charge in [0, 0.05) is 11.6 Å². The summed E-state index contributed by atoms with van der Waals surface area (Å²) in [4.78, 5) is 0. The predicted octanol–water partition coefficient (Wildman–Crippen LogP) is 4.23. The van der Waals surface area contributed by atoms with E-state index in [2.05, 4.69) is 5.32 Å². The fraction of sp³-hybridized carbons (Fsp3) is 0.0769. The van der Waals surface area contributed by atoms with Crippen molar-refractivity contribution in [2.24, 2.45) is 0 Å². The van der Waals surface area contributed by atoms with Crippen LogP contribution < -0.4 is 5.32 Å². The van der Waals surface area contributed by atoms with Crippen molar-refractivity contribution in [3.05, 3.63) is 64.7 Å². The van der Waals surface area contributed by atoms with Crippen molar-refractivity contribution in [2.45, 2.75) is 6.54 Å². The maximum atomic E-state index is 13.4. The molecule has 2 rings (SSSR count). The molecule has 88 valence electrons. The van der Waals surface area contributed by atoms with Crippen molar-refractivity contribution in [1.82, 2.24) is 0 Å². The van der Waals surface area contributed by atoms with Crippen molar-refractivity contribution >= 4 is 17.3 Å². The van der Waals surface area contributed by atoms with E-state index in [0.29, 0.717) is 17.3 Å². The Balaban J connectivity index is 2.04. The van der Waals surface area contributed by atoms with Crippen molar-refractivity contribution in [1.29, 1.82) is 0 Å². The van der Waals surface area contributed by atoms with Gasteiger partial charge in [-0.2, -0.15) is 0 Å². The highest BCUT2D eigenvalue weighted by atomic mass is 35.5. The minimum Gasteiger partial charge on any atom is -0.379 e. The van der Waals surface area contributed by atoms with Gasteiger partial charge < -0.3 is 5.32 Å². The first-order valence-electron chi connectivity index (χ1n) is 5.08. The standard InChI is InChI=1S/C13H10ClF2N/c14-10-3-6-13(12(16)7-10)17-8-9-1-4-11(15)5-2-9/h1-7,17H,8H2. The second-order valence-electron chi connectivity index (χ2n) is 3.60.